The normalized spacial score (nSPS) is 12.4. The Morgan fingerprint density at radius 2 is 1.38 bits per heavy atom. The summed E-state index contributed by atoms with van der Waals surface area (Å²) in [6, 6.07) is -1.58. The van der Waals surface area contributed by atoms with Crippen molar-refractivity contribution in [1.82, 2.24) is 10.8 Å². The minimum Gasteiger partial charge on any atom is -0.480 e. The van der Waals surface area contributed by atoms with E-state index < -0.39 is 29.9 Å². The van der Waals surface area contributed by atoms with E-state index in [4.69, 9.17) is 27.1 Å². The number of nitrogens with one attached hydrogen (secondary N) is 2. The van der Waals surface area contributed by atoms with Gasteiger partial charge in [-0.3, -0.25) is 19.6 Å². The highest BCUT2D eigenvalue weighted by molar-refractivity contribution is 5.86. The maximum Gasteiger partial charge on any atom is 0.351 e. The smallest absolute Gasteiger partial charge is 0.351 e. The molecule has 0 rings (SSSR count). The SMILES string of the molecule is CC(N)=NCCCCC(N)C(=O)NCC(=O)ONC(C)=NCCCCC(N)C(=O)O.Cl.Cl.Cl.Cl. The Hall–Kier alpha value is -1.57. The van der Waals surface area contributed by atoms with Crippen LogP contribution in [0.15, 0.2) is 9.98 Å². The van der Waals surface area contributed by atoms with Crippen LogP contribution < -0.4 is 28.0 Å². The number of hydrogen-bond acceptors (Lipinski definition) is 8. The molecule has 0 aromatic heterocycles. The number of amides is 1. The van der Waals surface area contributed by atoms with Crippen molar-refractivity contribution in [2.75, 3.05) is 19.6 Å². The number of hydrogen-bond donors (Lipinski definition) is 6. The van der Waals surface area contributed by atoms with E-state index in [0.717, 1.165) is 12.8 Å². The molecule has 0 aliphatic carbocycles. The van der Waals surface area contributed by atoms with E-state index in [1.165, 1.54) is 0 Å². The van der Waals surface area contributed by atoms with E-state index in [9.17, 15) is 14.4 Å². The van der Waals surface area contributed by atoms with Crippen molar-refractivity contribution in [3.05, 3.63) is 0 Å². The Labute approximate surface area is 225 Å². The van der Waals surface area contributed by atoms with Gasteiger partial charge in [-0.1, -0.05) is 0 Å². The predicted molar refractivity (Wildman–Crippen MR) is 143 cm³/mol. The largest absolute Gasteiger partial charge is 0.480 e. The van der Waals surface area contributed by atoms with Gasteiger partial charge >= 0.3 is 11.9 Å². The molecule has 0 aliphatic rings. The Kier molecular flexibility index (Phi) is 32.6. The van der Waals surface area contributed by atoms with Gasteiger partial charge < -0.3 is 32.5 Å². The van der Waals surface area contributed by atoms with Gasteiger partial charge in [0.05, 0.1) is 11.9 Å². The maximum atomic E-state index is 11.9. The van der Waals surface area contributed by atoms with E-state index in [1.54, 1.807) is 13.8 Å². The van der Waals surface area contributed by atoms with Crippen LogP contribution in [0.5, 0.6) is 0 Å². The highest BCUT2D eigenvalue weighted by atomic mass is 35.5. The minimum absolute atomic E-state index is 0. The summed E-state index contributed by atoms with van der Waals surface area (Å²) in [7, 11) is 0. The molecule has 0 spiro atoms. The highest BCUT2D eigenvalue weighted by Crippen LogP contribution is 2.00. The molecule has 16 heteroatoms. The van der Waals surface area contributed by atoms with Crippen LogP contribution in [0, 0.1) is 0 Å². The number of carboxylic acids is 1. The zero-order valence-electron chi connectivity index (χ0n) is 19.4. The van der Waals surface area contributed by atoms with Crippen molar-refractivity contribution in [2.45, 2.75) is 64.5 Å². The average Bonchev–Trinajstić information content (AvgIpc) is 2.69. The van der Waals surface area contributed by atoms with Crippen LogP contribution >= 0.6 is 49.6 Å². The fourth-order valence-electron chi connectivity index (χ4n) is 2.20. The minimum atomic E-state index is -1.02. The molecular weight excluding hydrogens is 536 g/mol. The van der Waals surface area contributed by atoms with Crippen LogP contribution in [0.3, 0.4) is 0 Å². The van der Waals surface area contributed by atoms with Crippen LogP contribution in [-0.2, 0) is 19.2 Å². The molecule has 0 heterocycles. The summed E-state index contributed by atoms with van der Waals surface area (Å²) in [4.78, 5) is 47.1. The van der Waals surface area contributed by atoms with Gasteiger partial charge in [-0.2, -0.15) is 0 Å². The van der Waals surface area contributed by atoms with Gasteiger partial charge in [0.1, 0.15) is 18.4 Å². The third kappa shape index (κ3) is 25.1. The topological polar surface area (TPSA) is 208 Å². The number of aliphatic carboxylic acids is 1. The zero-order valence-corrected chi connectivity index (χ0v) is 22.6. The molecule has 0 saturated heterocycles. The molecule has 9 N–H and O–H groups in total. The number of carbonyl (C=O) groups excluding carboxylic acids is 2. The van der Waals surface area contributed by atoms with Gasteiger partial charge in [-0.15, -0.1) is 49.6 Å². The van der Waals surface area contributed by atoms with Crippen molar-refractivity contribution < 1.29 is 24.3 Å². The first-order chi connectivity index (χ1) is 14.1. The standard InChI is InChI=1S/C18H35N7O5.4ClH/c1-12(19)22-9-5-3-7-14(20)17(27)24-11-16(26)30-25-13(2)23-10-6-4-8-15(21)18(28)29;;;;/h14-15H,3-11,20-21H2,1-2H3,(H2,19,22)(H,23,25)(H,24,27)(H,28,29);4*1H. The first-order valence-corrected chi connectivity index (χ1v) is 9.88. The van der Waals surface area contributed by atoms with E-state index in [-0.39, 0.29) is 56.2 Å². The molecule has 2 unspecified atom stereocenters. The number of aliphatic imine (C=N–C) groups is 2. The molecule has 0 saturated carbocycles. The average molecular weight is 575 g/mol. The van der Waals surface area contributed by atoms with Gasteiger partial charge in [0, 0.05) is 13.1 Å². The second-order valence-corrected chi connectivity index (χ2v) is 6.83. The summed E-state index contributed by atoms with van der Waals surface area (Å²) in [6.07, 6.45) is 3.61. The van der Waals surface area contributed by atoms with Crippen molar-refractivity contribution in [3.8, 4) is 0 Å². The number of amidine groups is 2. The molecule has 0 bridgehead atoms. The molecule has 204 valence electrons. The molecule has 0 fully saturated rings. The van der Waals surface area contributed by atoms with E-state index >= 15 is 0 Å². The number of carbonyl (C=O) groups is 3. The number of nitrogens with zero attached hydrogens (tertiary/aromatic N) is 2. The van der Waals surface area contributed by atoms with Gasteiger partial charge in [-0.05, 0) is 52.4 Å². The van der Waals surface area contributed by atoms with E-state index in [2.05, 4.69) is 20.8 Å². The molecule has 0 radical (unpaired) electrons. The van der Waals surface area contributed by atoms with E-state index in [1.807, 2.05) is 0 Å². The van der Waals surface area contributed by atoms with Crippen LogP contribution in [0.1, 0.15) is 52.4 Å². The number of unbranched alkanes of at least 4 members (excludes halogenated alkanes) is 2. The van der Waals surface area contributed by atoms with Crippen molar-refractivity contribution in [1.29, 1.82) is 0 Å². The molecular formula is C18H39Cl4N7O5. The summed E-state index contributed by atoms with van der Waals surface area (Å²) in [5.74, 6) is -1.25. The second-order valence-electron chi connectivity index (χ2n) is 6.83. The summed E-state index contributed by atoms with van der Waals surface area (Å²) in [6.45, 7) is 4.02. The number of carboxylic acid groups (broad SMARTS) is 1. The Morgan fingerprint density at radius 3 is 1.88 bits per heavy atom. The first-order valence-electron chi connectivity index (χ1n) is 9.88. The molecule has 2 atom stereocenters. The summed E-state index contributed by atoms with van der Waals surface area (Å²) in [5.41, 5.74) is 19.0. The molecule has 12 nitrogen and oxygen atoms in total. The van der Waals surface area contributed by atoms with Crippen molar-refractivity contribution in [2.24, 2.45) is 27.2 Å². The van der Waals surface area contributed by atoms with Gasteiger partial charge in [-0.25, -0.2) is 10.3 Å². The fraction of sp³-hybridized carbons (Fsp3) is 0.722. The summed E-state index contributed by atoms with van der Waals surface area (Å²) < 4.78 is 0. The van der Waals surface area contributed by atoms with Crippen molar-refractivity contribution in [3.63, 3.8) is 0 Å². The van der Waals surface area contributed by atoms with Crippen LogP contribution in [0.2, 0.25) is 0 Å². The number of halogens is 4. The molecule has 1 amide bonds. The van der Waals surface area contributed by atoms with Gasteiger partial charge in [0.2, 0.25) is 5.91 Å². The maximum absolute atomic E-state index is 11.9. The van der Waals surface area contributed by atoms with Crippen LogP contribution in [0.25, 0.3) is 0 Å². The third-order valence-corrected chi connectivity index (χ3v) is 3.93. The number of hydroxylamine groups is 1. The van der Waals surface area contributed by atoms with Crippen molar-refractivity contribution >= 4 is 79.1 Å². The van der Waals surface area contributed by atoms with E-state index in [0.29, 0.717) is 50.4 Å². The highest BCUT2D eigenvalue weighted by Gasteiger charge is 2.14. The lowest BCUT2D eigenvalue weighted by molar-refractivity contribution is -0.148. The third-order valence-electron chi connectivity index (χ3n) is 3.93. The molecule has 34 heavy (non-hydrogen) atoms. The second kappa shape index (κ2) is 26.0. The lowest BCUT2D eigenvalue weighted by Gasteiger charge is -2.12. The fourth-order valence-corrected chi connectivity index (χ4v) is 2.20. The first kappa shape index (κ1) is 42.6. The van der Waals surface area contributed by atoms with Gasteiger partial charge in [0.25, 0.3) is 0 Å². The number of nitrogens with two attached hydrogens (primary N) is 3. The summed E-state index contributed by atoms with van der Waals surface area (Å²) in [5, 5.41) is 11.1. The Morgan fingerprint density at radius 1 is 0.882 bits per heavy atom. The van der Waals surface area contributed by atoms with Crippen LogP contribution in [-0.4, -0.2) is 66.3 Å². The number of rotatable bonds is 14. The van der Waals surface area contributed by atoms with Crippen LogP contribution in [0.4, 0.5) is 0 Å². The molecule has 0 aromatic rings. The molecule has 0 aromatic carbocycles. The monoisotopic (exact) mass is 573 g/mol. The van der Waals surface area contributed by atoms with Gasteiger partial charge in [0.15, 0.2) is 0 Å². The quantitative estimate of drug-likeness (QED) is 0.0745. The Balaban J connectivity index is -0.000000701. The Bertz CT molecular complexity index is 623. The lowest BCUT2D eigenvalue weighted by Crippen LogP contribution is -2.43. The lowest BCUT2D eigenvalue weighted by atomic mass is 10.1. The molecule has 0 aliphatic heterocycles. The predicted octanol–water partition coefficient (Wildman–Crippen LogP) is 0.713. The summed E-state index contributed by atoms with van der Waals surface area (Å²) >= 11 is 0. The zero-order chi connectivity index (χ0) is 22.9.